The lowest BCUT2D eigenvalue weighted by Gasteiger charge is -2.38. The number of nitrogens with two attached hydrogens (primary N) is 1. The fourth-order valence-corrected chi connectivity index (χ4v) is 3.17. The Morgan fingerprint density at radius 1 is 1.45 bits per heavy atom. The molecule has 1 aliphatic rings. The molecule has 1 saturated heterocycles. The van der Waals surface area contributed by atoms with Crippen molar-refractivity contribution in [1.29, 1.82) is 0 Å². The number of rotatable bonds is 2. The second-order valence-corrected chi connectivity index (χ2v) is 6.58. The van der Waals surface area contributed by atoms with Crippen molar-refractivity contribution in [3.05, 3.63) is 22.6 Å². The molecule has 0 saturated carbocycles. The highest BCUT2D eigenvalue weighted by Gasteiger charge is 2.34. The van der Waals surface area contributed by atoms with Crippen LogP contribution in [-0.4, -0.2) is 39.2 Å². The predicted octanol–water partition coefficient (Wildman–Crippen LogP) is 2.25. The van der Waals surface area contributed by atoms with Crippen LogP contribution >= 0.6 is 15.9 Å². The largest absolute Gasteiger partial charge is 0.443 e. The predicted molar refractivity (Wildman–Crippen MR) is 85.9 cm³/mol. The quantitative estimate of drug-likeness (QED) is 0.879. The highest BCUT2D eigenvalue weighted by atomic mass is 79.9. The minimum absolute atomic E-state index is 0.499. The lowest BCUT2D eigenvalue weighted by atomic mass is 9.93. The van der Waals surface area contributed by atoms with Crippen LogP contribution in [0, 0.1) is 6.92 Å². The number of nitrogens with zero attached hydrogens (tertiary/aromatic N) is 4. The maximum atomic E-state index is 11.0. The van der Waals surface area contributed by atoms with Crippen LogP contribution in [0.2, 0.25) is 0 Å². The zero-order valence-corrected chi connectivity index (χ0v) is 14.1. The zero-order chi connectivity index (χ0) is 15.9. The molecule has 0 atom stereocenters. The van der Waals surface area contributed by atoms with E-state index in [4.69, 9.17) is 10.5 Å². The van der Waals surface area contributed by atoms with Crippen molar-refractivity contribution in [2.45, 2.75) is 32.3 Å². The van der Waals surface area contributed by atoms with Crippen LogP contribution in [-0.2, 0) is 4.74 Å². The number of anilines is 1. The summed E-state index contributed by atoms with van der Waals surface area (Å²) in [6.07, 6.45) is 4.36. The summed E-state index contributed by atoms with van der Waals surface area (Å²) in [7, 11) is 0. The summed E-state index contributed by atoms with van der Waals surface area (Å²) < 4.78 is 8.11. The first-order valence-corrected chi connectivity index (χ1v) is 7.91. The molecule has 22 heavy (non-hydrogen) atoms. The molecule has 3 rings (SSSR count). The summed E-state index contributed by atoms with van der Waals surface area (Å²) in [5.74, 6) is 0.856. The van der Waals surface area contributed by atoms with Crippen molar-refractivity contribution in [2.24, 2.45) is 5.73 Å². The molecular formula is C14H18BrN5O2. The van der Waals surface area contributed by atoms with E-state index in [1.807, 2.05) is 24.4 Å². The Bertz CT molecular complexity index is 721. The monoisotopic (exact) mass is 367 g/mol. The van der Waals surface area contributed by atoms with Crippen molar-refractivity contribution in [2.75, 3.05) is 18.0 Å². The normalized spacial score (nSPS) is 17.7. The van der Waals surface area contributed by atoms with E-state index in [0.717, 1.165) is 34.9 Å². The first-order chi connectivity index (χ1) is 10.4. The third-order valence-electron chi connectivity index (χ3n) is 4.09. The SMILES string of the molecule is Cc1nc(N2CCC(C)(OC(N)=O)CC2)n2ccnc2c1Br. The summed E-state index contributed by atoms with van der Waals surface area (Å²) >= 11 is 3.53. The van der Waals surface area contributed by atoms with Gasteiger partial charge in [0.15, 0.2) is 5.65 Å². The molecule has 1 aliphatic heterocycles. The number of aromatic nitrogens is 3. The first-order valence-electron chi connectivity index (χ1n) is 7.12. The van der Waals surface area contributed by atoms with Crippen LogP contribution < -0.4 is 10.6 Å². The Balaban J connectivity index is 1.87. The number of fused-ring (bicyclic) bond motifs is 1. The number of piperidine rings is 1. The van der Waals surface area contributed by atoms with Gasteiger partial charge in [-0.3, -0.25) is 4.40 Å². The maximum Gasteiger partial charge on any atom is 0.405 e. The van der Waals surface area contributed by atoms with Gasteiger partial charge in [0.2, 0.25) is 5.95 Å². The van der Waals surface area contributed by atoms with Crippen molar-refractivity contribution >= 4 is 33.6 Å². The molecule has 0 bridgehead atoms. The fourth-order valence-electron chi connectivity index (χ4n) is 2.79. The van der Waals surface area contributed by atoms with E-state index in [2.05, 4.69) is 30.8 Å². The second-order valence-electron chi connectivity index (χ2n) is 5.79. The van der Waals surface area contributed by atoms with Gasteiger partial charge in [-0.15, -0.1) is 0 Å². The summed E-state index contributed by atoms with van der Waals surface area (Å²) in [5, 5.41) is 0. The van der Waals surface area contributed by atoms with E-state index >= 15 is 0 Å². The minimum Gasteiger partial charge on any atom is -0.443 e. The average molecular weight is 368 g/mol. The smallest absolute Gasteiger partial charge is 0.405 e. The Morgan fingerprint density at radius 3 is 2.77 bits per heavy atom. The highest BCUT2D eigenvalue weighted by Crippen LogP contribution is 2.30. The average Bonchev–Trinajstić information content (AvgIpc) is 2.92. The van der Waals surface area contributed by atoms with Crippen molar-refractivity contribution in [3.63, 3.8) is 0 Å². The third-order valence-corrected chi connectivity index (χ3v) is 5.02. The van der Waals surface area contributed by atoms with Gasteiger partial charge in [0.1, 0.15) is 5.60 Å². The van der Waals surface area contributed by atoms with Crippen LogP contribution in [0.3, 0.4) is 0 Å². The highest BCUT2D eigenvalue weighted by molar-refractivity contribution is 9.10. The van der Waals surface area contributed by atoms with Gasteiger partial charge in [-0.25, -0.2) is 14.8 Å². The standard InChI is InChI=1S/C14H18BrN5O2/c1-9-10(15)11-17-5-8-20(11)13(18-9)19-6-3-14(2,4-7-19)22-12(16)21/h5,8H,3-4,6-7H2,1-2H3,(H2,16,21). The van der Waals surface area contributed by atoms with E-state index in [0.29, 0.717) is 12.8 Å². The molecule has 0 aromatic carbocycles. The van der Waals surface area contributed by atoms with E-state index in [1.165, 1.54) is 0 Å². The molecule has 118 valence electrons. The van der Waals surface area contributed by atoms with E-state index in [9.17, 15) is 4.79 Å². The van der Waals surface area contributed by atoms with Gasteiger partial charge in [0.05, 0.1) is 10.2 Å². The first kappa shape index (κ1) is 15.1. The van der Waals surface area contributed by atoms with Crippen LogP contribution in [0.1, 0.15) is 25.5 Å². The molecule has 7 nitrogen and oxygen atoms in total. The number of aryl methyl sites for hydroxylation is 1. The van der Waals surface area contributed by atoms with Gasteiger partial charge in [0.25, 0.3) is 0 Å². The minimum atomic E-state index is -0.717. The summed E-state index contributed by atoms with van der Waals surface area (Å²) in [6.45, 7) is 5.35. The molecule has 0 aliphatic carbocycles. The van der Waals surface area contributed by atoms with Gasteiger partial charge in [-0.1, -0.05) is 0 Å². The van der Waals surface area contributed by atoms with Gasteiger partial charge < -0.3 is 15.4 Å². The molecule has 2 aromatic heterocycles. The van der Waals surface area contributed by atoms with E-state index in [-0.39, 0.29) is 0 Å². The second kappa shape index (κ2) is 5.42. The van der Waals surface area contributed by atoms with Gasteiger partial charge in [0, 0.05) is 38.3 Å². The molecule has 0 unspecified atom stereocenters. The number of carbonyl (C=O) groups is 1. The Labute approximate surface area is 136 Å². The molecule has 0 radical (unpaired) electrons. The van der Waals surface area contributed by atoms with Crippen molar-refractivity contribution in [1.82, 2.24) is 14.4 Å². The molecule has 8 heteroatoms. The van der Waals surface area contributed by atoms with Crippen LogP contribution in [0.5, 0.6) is 0 Å². The van der Waals surface area contributed by atoms with Crippen LogP contribution in [0.25, 0.3) is 5.65 Å². The lowest BCUT2D eigenvalue weighted by molar-refractivity contribution is 0.0125. The number of imidazole rings is 1. The third kappa shape index (κ3) is 2.63. The molecular weight excluding hydrogens is 350 g/mol. The van der Waals surface area contributed by atoms with Crippen molar-refractivity contribution < 1.29 is 9.53 Å². The summed E-state index contributed by atoms with van der Waals surface area (Å²) in [6, 6.07) is 0. The number of halogens is 1. The molecule has 3 heterocycles. The zero-order valence-electron chi connectivity index (χ0n) is 12.5. The number of hydrogen-bond donors (Lipinski definition) is 1. The molecule has 2 N–H and O–H groups in total. The topological polar surface area (TPSA) is 85.8 Å². The number of primary amides is 1. The fraction of sp³-hybridized carbons (Fsp3) is 0.500. The number of ether oxygens (including phenoxy) is 1. The van der Waals surface area contributed by atoms with Gasteiger partial charge in [-0.05, 0) is 29.8 Å². The Morgan fingerprint density at radius 2 is 2.14 bits per heavy atom. The summed E-state index contributed by atoms with van der Waals surface area (Å²) in [4.78, 5) is 22.2. The van der Waals surface area contributed by atoms with Gasteiger partial charge in [-0.2, -0.15) is 0 Å². The Hall–Kier alpha value is -1.83. The van der Waals surface area contributed by atoms with Crippen LogP contribution in [0.4, 0.5) is 10.7 Å². The van der Waals surface area contributed by atoms with E-state index in [1.54, 1.807) is 6.20 Å². The summed E-state index contributed by atoms with van der Waals surface area (Å²) in [5.41, 5.74) is 6.40. The van der Waals surface area contributed by atoms with Gasteiger partial charge >= 0.3 is 6.09 Å². The van der Waals surface area contributed by atoms with Crippen LogP contribution in [0.15, 0.2) is 16.9 Å². The molecule has 2 aromatic rings. The van der Waals surface area contributed by atoms with Crippen molar-refractivity contribution in [3.8, 4) is 0 Å². The molecule has 0 spiro atoms. The number of hydrogen-bond acceptors (Lipinski definition) is 5. The van der Waals surface area contributed by atoms with E-state index < -0.39 is 11.7 Å². The molecule has 1 amide bonds. The lowest BCUT2D eigenvalue weighted by Crippen LogP contribution is -2.46. The molecule has 1 fully saturated rings. The maximum absolute atomic E-state index is 11.0. The number of amides is 1. The number of carbonyl (C=O) groups excluding carboxylic acids is 1. The Kier molecular flexibility index (Phi) is 3.72.